The Labute approximate surface area is 125 Å². The number of nitrogens with zero attached hydrogens (tertiary/aromatic N) is 2. The van der Waals surface area contributed by atoms with E-state index >= 15 is 0 Å². The van der Waals surface area contributed by atoms with Crippen LogP contribution >= 0.6 is 0 Å². The van der Waals surface area contributed by atoms with Crippen LogP contribution in [0, 0.1) is 16.7 Å². The molecule has 0 aliphatic carbocycles. The average molecular weight is 279 g/mol. The van der Waals surface area contributed by atoms with E-state index in [-0.39, 0.29) is 5.54 Å². The van der Waals surface area contributed by atoms with Crippen molar-refractivity contribution < 1.29 is 0 Å². The lowest BCUT2D eigenvalue weighted by Gasteiger charge is -2.38. The van der Waals surface area contributed by atoms with Gasteiger partial charge in [-0.2, -0.15) is 5.26 Å². The molecule has 1 rings (SSSR count). The molecule has 1 unspecified atom stereocenters. The van der Waals surface area contributed by atoms with E-state index in [1.165, 1.54) is 38.9 Å². The first kappa shape index (κ1) is 17.5. The Morgan fingerprint density at radius 2 is 2.10 bits per heavy atom. The number of nitrogens with one attached hydrogen (secondary N) is 1. The van der Waals surface area contributed by atoms with Crippen molar-refractivity contribution in [3.63, 3.8) is 0 Å². The van der Waals surface area contributed by atoms with Gasteiger partial charge in [0.1, 0.15) is 5.54 Å². The number of nitriles is 1. The van der Waals surface area contributed by atoms with Gasteiger partial charge in [-0.15, -0.1) is 0 Å². The molecular weight excluding hydrogens is 246 g/mol. The lowest BCUT2D eigenvalue weighted by Crippen LogP contribution is -2.42. The summed E-state index contributed by atoms with van der Waals surface area (Å²) in [6.07, 6.45) is 7.08. The van der Waals surface area contributed by atoms with Crippen molar-refractivity contribution in [1.82, 2.24) is 10.2 Å². The van der Waals surface area contributed by atoms with Crippen molar-refractivity contribution in [2.24, 2.45) is 5.41 Å². The van der Waals surface area contributed by atoms with Crippen LogP contribution in [0.4, 0.5) is 0 Å². The number of hydrogen-bond acceptors (Lipinski definition) is 3. The molecule has 1 heterocycles. The molecule has 0 aromatic heterocycles. The second-order valence-corrected chi connectivity index (χ2v) is 7.37. The van der Waals surface area contributed by atoms with E-state index < -0.39 is 0 Å². The molecule has 0 radical (unpaired) electrons. The molecule has 0 spiro atoms. The zero-order valence-corrected chi connectivity index (χ0v) is 14.0. The molecule has 0 aromatic carbocycles. The van der Waals surface area contributed by atoms with E-state index in [2.05, 4.69) is 37.1 Å². The highest BCUT2D eigenvalue weighted by Crippen LogP contribution is 2.28. The zero-order chi connectivity index (χ0) is 15.1. The minimum absolute atomic E-state index is 0.336. The van der Waals surface area contributed by atoms with Gasteiger partial charge in [-0.1, -0.05) is 20.8 Å². The maximum Gasteiger partial charge on any atom is 0.103 e. The second kappa shape index (κ2) is 8.00. The number of piperidine rings is 1. The summed E-state index contributed by atoms with van der Waals surface area (Å²) in [4.78, 5) is 2.60. The van der Waals surface area contributed by atoms with Crippen LogP contribution in [0.15, 0.2) is 0 Å². The molecule has 1 aliphatic rings. The van der Waals surface area contributed by atoms with E-state index in [9.17, 15) is 5.26 Å². The number of unbranched alkanes of at least 4 members (excludes halogenated alkanes) is 1. The first-order valence-corrected chi connectivity index (χ1v) is 8.29. The highest BCUT2D eigenvalue weighted by Gasteiger charge is 2.26. The summed E-state index contributed by atoms with van der Waals surface area (Å²) in [5, 5.41) is 12.7. The lowest BCUT2D eigenvalue weighted by atomic mass is 9.84. The largest absolute Gasteiger partial charge is 0.303 e. The molecule has 3 heteroatoms. The molecule has 3 nitrogen and oxygen atoms in total. The molecular formula is C17H33N3. The van der Waals surface area contributed by atoms with Gasteiger partial charge in [-0.3, -0.25) is 5.32 Å². The number of rotatable bonds is 8. The Balaban J connectivity index is 2.22. The molecule has 0 bridgehead atoms. The smallest absolute Gasteiger partial charge is 0.103 e. The van der Waals surface area contributed by atoms with Gasteiger partial charge in [-0.05, 0) is 70.5 Å². The van der Waals surface area contributed by atoms with Crippen LogP contribution in [0.1, 0.15) is 66.2 Å². The number of likely N-dealkylation sites (tertiary alicyclic amines) is 1. The van der Waals surface area contributed by atoms with Crippen LogP contribution < -0.4 is 5.32 Å². The molecule has 0 aromatic rings. The highest BCUT2D eigenvalue weighted by atomic mass is 15.1. The summed E-state index contributed by atoms with van der Waals surface area (Å²) in [6.45, 7) is 13.5. The molecule has 1 N–H and O–H groups in total. The van der Waals surface area contributed by atoms with Gasteiger partial charge < -0.3 is 4.90 Å². The topological polar surface area (TPSA) is 39.1 Å². The van der Waals surface area contributed by atoms with Crippen molar-refractivity contribution in [3.8, 4) is 6.07 Å². The van der Waals surface area contributed by atoms with E-state index in [1.807, 2.05) is 6.92 Å². The van der Waals surface area contributed by atoms with Crippen LogP contribution in [0.2, 0.25) is 0 Å². The normalized spacial score (nSPS) is 22.1. The van der Waals surface area contributed by atoms with Crippen molar-refractivity contribution in [2.45, 2.75) is 71.8 Å². The van der Waals surface area contributed by atoms with E-state index in [4.69, 9.17) is 0 Å². The van der Waals surface area contributed by atoms with Gasteiger partial charge in [0.25, 0.3) is 0 Å². The molecule has 1 atom stereocenters. The predicted molar refractivity (Wildman–Crippen MR) is 85.6 cm³/mol. The highest BCUT2D eigenvalue weighted by molar-refractivity contribution is 5.03. The molecule has 20 heavy (non-hydrogen) atoms. The van der Waals surface area contributed by atoms with Crippen LogP contribution in [0.25, 0.3) is 0 Å². The maximum absolute atomic E-state index is 9.31. The van der Waals surface area contributed by atoms with E-state index in [1.54, 1.807) is 0 Å². The standard InChI is InChI=1S/C17H33N3/c1-5-11-19-17(4,14-18)10-6-7-12-20-13-8-9-16(2,3)15-20/h19H,5-13,15H2,1-4H3. The van der Waals surface area contributed by atoms with Gasteiger partial charge in [0.15, 0.2) is 0 Å². The molecule has 116 valence electrons. The summed E-state index contributed by atoms with van der Waals surface area (Å²) in [5.74, 6) is 0. The van der Waals surface area contributed by atoms with Crippen LogP contribution in [-0.2, 0) is 0 Å². The van der Waals surface area contributed by atoms with Crippen LogP contribution in [0.5, 0.6) is 0 Å². The third-order valence-electron chi connectivity index (χ3n) is 4.39. The Kier molecular flexibility index (Phi) is 6.99. The Morgan fingerprint density at radius 1 is 1.35 bits per heavy atom. The number of hydrogen-bond donors (Lipinski definition) is 1. The van der Waals surface area contributed by atoms with E-state index in [0.717, 1.165) is 25.8 Å². The minimum Gasteiger partial charge on any atom is -0.303 e. The second-order valence-electron chi connectivity index (χ2n) is 7.37. The summed E-state index contributed by atoms with van der Waals surface area (Å²) in [6, 6.07) is 2.44. The van der Waals surface area contributed by atoms with Crippen molar-refractivity contribution in [3.05, 3.63) is 0 Å². The molecule has 1 saturated heterocycles. The summed E-state index contributed by atoms with van der Waals surface area (Å²) >= 11 is 0. The average Bonchev–Trinajstić information content (AvgIpc) is 2.40. The van der Waals surface area contributed by atoms with Crippen molar-refractivity contribution >= 4 is 0 Å². The van der Waals surface area contributed by atoms with Crippen LogP contribution in [-0.4, -0.2) is 36.6 Å². The van der Waals surface area contributed by atoms with Crippen molar-refractivity contribution in [2.75, 3.05) is 26.2 Å². The summed E-state index contributed by atoms with van der Waals surface area (Å²) < 4.78 is 0. The monoisotopic (exact) mass is 279 g/mol. The van der Waals surface area contributed by atoms with E-state index in [0.29, 0.717) is 5.41 Å². The fourth-order valence-corrected chi connectivity index (χ4v) is 3.13. The predicted octanol–water partition coefficient (Wildman–Crippen LogP) is 3.56. The van der Waals surface area contributed by atoms with Gasteiger partial charge in [0, 0.05) is 6.54 Å². The fourth-order valence-electron chi connectivity index (χ4n) is 3.13. The summed E-state index contributed by atoms with van der Waals surface area (Å²) in [7, 11) is 0. The van der Waals surface area contributed by atoms with Gasteiger partial charge in [0.05, 0.1) is 6.07 Å². The molecule has 0 amide bonds. The Hall–Kier alpha value is -0.590. The van der Waals surface area contributed by atoms with Gasteiger partial charge >= 0.3 is 0 Å². The first-order valence-electron chi connectivity index (χ1n) is 8.29. The van der Waals surface area contributed by atoms with Gasteiger partial charge in [-0.25, -0.2) is 0 Å². The molecule has 1 aliphatic heterocycles. The molecule has 1 fully saturated rings. The fraction of sp³-hybridized carbons (Fsp3) is 0.941. The Bertz CT molecular complexity index is 319. The maximum atomic E-state index is 9.31. The zero-order valence-electron chi connectivity index (χ0n) is 14.0. The van der Waals surface area contributed by atoms with Crippen LogP contribution in [0.3, 0.4) is 0 Å². The summed E-state index contributed by atoms with van der Waals surface area (Å²) in [5.41, 5.74) is 0.152. The molecule has 0 saturated carbocycles. The lowest BCUT2D eigenvalue weighted by molar-refractivity contribution is 0.115. The van der Waals surface area contributed by atoms with Crippen molar-refractivity contribution in [1.29, 1.82) is 5.26 Å². The quantitative estimate of drug-likeness (QED) is 0.691. The van der Waals surface area contributed by atoms with Gasteiger partial charge in [0.2, 0.25) is 0 Å². The third-order valence-corrected chi connectivity index (χ3v) is 4.39. The SMILES string of the molecule is CCCNC(C)(C#N)CCCCN1CCCC(C)(C)C1. The third kappa shape index (κ3) is 6.24. The first-order chi connectivity index (χ1) is 9.41. The Morgan fingerprint density at radius 3 is 2.70 bits per heavy atom. The minimum atomic E-state index is -0.336.